The fourth-order valence-electron chi connectivity index (χ4n) is 0.824. The van der Waals surface area contributed by atoms with Crippen molar-refractivity contribution in [3.63, 3.8) is 0 Å². The topological polar surface area (TPSA) is 67.6 Å². The fraction of sp³-hybridized carbons (Fsp3) is 0.833. The molecule has 0 rings (SSSR count). The van der Waals surface area contributed by atoms with Crippen molar-refractivity contribution in [2.45, 2.75) is 13.0 Å². The maximum Gasteiger partial charge on any atom is 0.186 e. The molecule has 0 aromatic heterocycles. The van der Waals surface area contributed by atoms with Gasteiger partial charge in [-0.05, 0) is 21.0 Å². The summed E-state index contributed by atoms with van der Waals surface area (Å²) in [7, 11) is 3.97. The molecule has 4 nitrogen and oxygen atoms in total. The van der Waals surface area contributed by atoms with Gasteiger partial charge >= 0.3 is 0 Å². The molecule has 60 valence electrons. The van der Waals surface area contributed by atoms with Gasteiger partial charge in [-0.1, -0.05) is 0 Å². The van der Waals surface area contributed by atoms with Gasteiger partial charge in [0.05, 0.1) is 6.04 Å². The van der Waals surface area contributed by atoms with Gasteiger partial charge in [0.2, 0.25) is 0 Å². The van der Waals surface area contributed by atoms with Crippen LogP contribution in [0.2, 0.25) is 0 Å². The quantitative estimate of drug-likeness (QED) is 0.403. The highest BCUT2D eigenvalue weighted by molar-refractivity contribution is 5.75. The minimum absolute atomic E-state index is 0.161. The summed E-state index contributed by atoms with van der Waals surface area (Å²) in [6.07, 6.45) is 0. The Balaban J connectivity index is 3.64. The van der Waals surface area contributed by atoms with E-state index in [-0.39, 0.29) is 12.0 Å². The van der Waals surface area contributed by atoms with E-state index in [1.54, 1.807) is 0 Å². The molecule has 0 bridgehead atoms. The zero-order chi connectivity index (χ0) is 8.15. The Kier molecular flexibility index (Phi) is 3.79. The Morgan fingerprint density at radius 2 is 2.00 bits per heavy atom. The number of hydrogen-bond donors (Lipinski definition) is 2. The molecule has 0 fully saturated rings. The molecule has 4 N–H and O–H groups in total. The molecule has 0 aliphatic carbocycles. The molecular weight excluding hydrogens is 128 g/mol. The van der Waals surface area contributed by atoms with E-state index in [4.69, 9.17) is 11.5 Å². The summed E-state index contributed by atoms with van der Waals surface area (Å²) in [6, 6.07) is 0.181. The Morgan fingerprint density at radius 1 is 1.50 bits per heavy atom. The minimum Gasteiger partial charge on any atom is -0.370 e. The molecule has 0 heterocycles. The Morgan fingerprint density at radius 3 is 2.30 bits per heavy atom. The fourth-order valence-corrected chi connectivity index (χ4v) is 0.824. The number of aliphatic imine (C=N–C) groups is 1. The number of likely N-dealkylation sites (N-methyl/N-ethyl adjacent to an activating group) is 1. The SMILES string of the molecule is C[C@@H](CN(C)C)N=C(N)N. The Hall–Kier alpha value is -0.770. The number of nitrogens with zero attached hydrogens (tertiary/aromatic N) is 2. The van der Waals surface area contributed by atoms with Crippen LogP contribution in [0.15, 0.2) is 4.99 Å². The first-order valence-corrected chi connectivity index (χ1v) is 3.26. The van der Waals surface area contributed by atoms with Crippen LogP contribution in [0.4, 0.5) is 0 Å². The van der Waals surface area contributed by atoms with Crippen molar-refractivity contribution in [3.8, 4) is 0 Å². The van der Waals surface area contributed by atoms with Crippen molar-refractivity contribution in [2.75, 3.05) is 20.6 Å². The van der Waals surface area contributed by atoms with E-state index in [1.165, 1.54) is 0 Å². The van der Waals surface area contributed by atoms with Crippen molar-refractivity contribution in [3.05, 3.63) is 0 Å². The molecule has 0 aliphatic heterocycles. The highest BCUT2D eigenvalue weighted by Crippen LogP contribution is 1.89. The molecule has 0 saturated carbocycles. The lowest BCUT2D eigenvalue weighted by atomic mass is 10.3. The first-order chi connectivity index (χ1) is 4.52. The van der Waals surface area contributed by atoms with Crippen LogP contribution in [0.1, 0.15) is 6.92 Å². The van der Waals surface area contributed by atoms with Gasteiger partial charge in [0.25, 0.3) is 0 Å². The van der Waals surface area contributed by atoms with Crippen LogP contribution in [-0.2, 0) is 0 Å². The molecule has 0 saturated heterocycles. The van der Waals surface area contributed by atoms with E-state index in [0.717, 1.165) is 6.54 Å². The van der Waals surface area contributed by atoms with E-state index >= 15 is 0 Å². The monoisotopic (exact) mass is 144 g/mol. The molecule has 0 aliphatic rings. The Labute approximate surface area is 61.9 Å². The standard InChI is InChI=1S/C6H16N4/c1-5(4-10(2)3)9-6(7)8/h5H,4H2,1-3H3,(H4,7,8,9)/t5-/m0/s1. The average molecular weight is 144 g/mol. The summed E-state index contributed by atoms with van der Waals surface area (Å²) in [6.45, 7) is 2.84. The van der Waals surface area contributed by atoms with E-state index in [1.807, 2.05) is 25.9 Å². The van der Waals surface area contributed by atoms with E-state index < -0.39 is 0 Å². The van der Waals surface area contributed by atoms with Crippen LogP contribution in [0.3, 0.4) is 0 Å². The van der Waals surface area contributed by atoms with Gasteiger partial charge in [-0.3, -0.25) is 0 Å². The summed E-state index contributed by atoms with van der Waals surface area (Å²) < 4.78 is 0. The van der Waals surface area contributed by atoms with Gasteiger partial charge in [-0.2, -0.15) is 0 Å². The van der Waals surface area contributed by atoms with Gasteiger partial charge in [-0.15, -0.1) is 0 Å². The summed E-state index contributed by atoms with van der Waals surface area (Å²) >= 11 is 0. The maximum atomic E-state index is 5.18. The average Bonchev–Trinajstić information content (AvgIpc) is 1.58. The van der Waals surface area contributed by atoms with Crippen LogP contribution in [-0.4, -0.2) is 37.5 Å². The van der Waals surface area contributed by atoms with Gasteiger partial charge in [0.15, 0.2) is 5.96 Å². The number of nitrogens with two attached hydrogens (primary N) is 2. The Bertz CT molecular complexity index is 115. The van der Waals surface area contributed by atoms with Gasteiger partial charge < -0.3 is 16.4 Å². The number of rotatable bonds is 3. The van der Waals surface area contributed by atoms with E-state index in [2.05, 4.69) is 4.99 Å². The second kappa shape index (κ2) is 4.11. The summed E-state index contributed by atoms with van der Waals surface area (Å²) in [5.74, 6) is 0.161. The summed E-state index contributed by atoms with van der Waals surface area (Å²) in [5.41, 5.74) is 10.4. The van der Waals surface area contributed by atoms with Crippen molar-refractivity contribution in [1.82, 2.24) is 4.90 Å². The molecule has 0 aromatic carbocycles. The largest absolute Gasteiger partial charge is 0.370 e. The second-order valence-corrected chi connectivity index (χ2v) is 2.67. The lowest BCUT2D eigenvalue weighted by molar-refractivity contribution is 0.383. The molecule has 0 aromatic rings. The molecule has 0 spiro atoms. The summed E-state index contributed by atoms with van der Waals surface area (Å²) in [5, 5.41) is 0. The smallest absolute Gasteiger partial charge is 0.186 e. The molecule has 0 radical (unpaired) electrons. The molecule has 1 atom stereocenters. The molecule has 4 heteroatoms. The zero-order valence-electron chi connectivity index (χ0n) is 6.83. The van der Waals surface area contributed by atoms with Crippen molar-refractivity contribution < 1.29 is 0 Å². The van der Waals surface area contributed by atoms with Crippen LogP contribution < -0.4 is 11.5 Å². The lowest BCUT2D eigenvalue weighted by Crippen LogP contribution is -2.29. The molecule has 0 unspecified atom stereocenters. The first-order valence-electron chi connectivity index (χ1n) is 3.26. The van der Waals surface area contributed by atoms with Crippen LogP contribution in [0.25, 0.3) is 0 Å². The van der Waals surface area contributed by atoms with E-state index in [9.17, 15) is 0 Å². The number of guanidine groups is 1. The normalized spacial score (nSPS) is 13.2. The first kappa shape index (κ1) is 9.23. The highest BCUT2D eigenvalue weighted by atomic mass is 15.1. The predicted molar refractivity (Wildman–Crippen MR) is 43.8 cm³/mol. The third kappa shape index (κ3) is 5.37. The van der Waals surface area contributed by atoms with Gasteiger partial charge in [0, 0.05) is 6.54 Å². The van der Waals surface area contributed by atoms with Crippen molar-refractivity contribution in [2.24, 2.45) is 16.5 Å². The van der Waals surface area contributed by atoms with Gasteiger partial charge in [-0.25, -0.2) is 4.99 Å². The van der Waals surface area contributed by atoms with E-state index in [0.29, 0.717) is 0 Å². The highest BCUT2D eigenvalue weighted by Gasteiger charge is 1.99. The molecule has 0 amide bonds. The van der Waals surface area contributed by atoms with Gasteiger partial charge in [0.1, 0.15) is 0 Å². The zero-order valence-corrected chi connectivity index (χ0v) is 6.83. The van der Waals surface area contributed by atoms with Crippen LogP contribution in [0.5, 0.6) is 0 Å². The number of hydrogen-bond acceptors (Lipinski definition) is 2. The predicted octanol–water partition coefficient (Wildman–Crippen LogP) is -0.790. The summed E-state index contributed by atoms with van der Waals surface area (Å²) in [4.78, 5) is 5.99. The minimum atomic E-state index is 0.161. The van der Waals surface area contributed by atoms with Crippen molar-refractivity contribution >= 4 is 5.96 Å². The molecular formula is C6H16N4. The van der Waals surface area contributed by atoms with Crippen LogP contribution in [0, 0.1) is 0 Å². The molecule has 10 heavy (non-hydrogen) atoms. The second-order valence-electron chi connectivity index (χ2n) is 2.67. The third-order valence-corrected chi connectivity index (χ3v) is 0.999. The van der Waals surface area contributed by atoms with Crippen molar-refractivity contribution in [1.29, 1.82) is 0 Å². The third-order valence-electron chi connectivity index (χ3n) is 0.999. The van der Waals surface area contributed by atoms with Crippen LogP contribution >= 0.6 is 0 Å². The maximum absolute atomic E-state index is 5.18. The lowest BCUT2D eigenvalue weighted by Gasteiger charge is -2.12.